The van der Waals surface area contributed by atoms with Gasteiger partial charge in [0.05, 0.1) is 11.3 Å². The minimum absolute atomic E-state index is 0.180. The maximum atomic E-state index is 13.3. The molecule has 0 aliphatic carbocycles. The summed E-state index contributed by atoms with van der Waals surface area (Å²) in [5, 5.41) is 2.60. The number of alkyl halides is 3. The van der Waals surface area contributed by atoms with E-state index in [0.717, 1.165) is 24.6 Å². The van der Waals surface area contributed by atoms with E-state index in [1.807, 2.05) is 0 Å². The van der Waals surface area contributed by atoms with Gasteiger partial charge in [-0.25, -0.2) is 4.39 Å². The Morgan fingerprint density at radius 1 is 1.24 bits per heavy atom. The summed E-state index contributed by atoms with van der Waals surface area (Å²) < 4.78 is 50.6. The van der Waals surface area contributed by atoms with E-state index in [9.17, 15) is 17.6 Å². The molecule has 0 bridgehead atoms. The Labute approximate surface area is 95.4 Å². The van der Waals surface area contributed by atoms with E-state index < -0.39 is 17.6 Å². The summed E-state index contributed by atoms with van der Waals surface area (Å²) in [6.07, 6.45) is -3.00. The number of amidine groups is 1. The molecule has 0 aromatic heterocycles. The van der Waals surface area contributed by atoms with Crippen LogP contribution < -0.4 is 5.32 Å². The van der Waals surface area contributed by atoms with E-state index in [0.29, 0.717) is 18.8 Å². The highest BCUT2D eigenvalue weighted by Gasteiger charge is 2.31. The Hall–Kier alpha value is -1.59. The fourth-order valence-electron chi connectivity index (χ4n) is 1.59. The molecule has 1 heterocycles. The summed E-state index contributed by atoms with van der Waals surface area (Å²) in [5.74, 6) is -0.184. The zero-order chi connectivity index (χ0) is 12.5. The molecule has 0 radical (unpaired) electrons. The standard InChI is InChI=1S/C11H10F4N2/c12-8-4-3-7(11(13,14)15)6-9(8)17-10-2-1-5-16-10/h3-4,6H,1-2,5H2,(H,16,17). The molecule has 1 aromatic rings. The second-order valence-electron chi connectivity index (χ2n) is 3.75. The quantitative estimate of drug-likeness (QED) is 0.754. The Kier molecular flexibility index (Phi) is 3.04. The zero-order valence-electron chi connectivity index (χ0n) is 8.81. The van der Waals surface area contributed by atoms with Gasteiger partial charge in [-0.1, -0.05) is 0 Å². The monoisotopic (exact) mass is 246 g/mol. The van der Waals surface area contributed by atoms with E-state index in [2.05, 4.69) is 10.3 Å². The fourth-order valence-corrected chi connectivity index (χ4v) is 1.59. The summed E-state index contributed by atoms with van der Waals surface area (Å²) >= 11 is 0. The van der Waals surface area contributed by atoms with Crippen molar-refractivity contribution >= 4 is 11.5 Å². The van der Waals surface area contributed by atoms with Crippen molar-refractivity contribution in [3.63, 3.8) is 0 Å². The van der Waals surface area contributed by atoms with Crippen molar-refractivity contribution in [2.75, 3.05) is 11.9 Å². The van der Waals surface area contributed by atoms with Gasteiger partial charge >= 0.3 is 6.18 Å². The average Bonchev–Trinajstić information content (AvgIpc) is 2.72. The highest BCUT2D eigenvalue weighted by molar-refractivity contribution is 5.96. The molecule has 0 atom stereocenters. The summed E-state index contributed by atoms with van der Waals surface area (Å²) in [6, 6.07) is 2.29. The van der Waals surface area contributed by atoms with Gasteiger partial charge in [-0.15, -0.1) is 0 Å². The van der Waals surface area contributed by atoms with Crippen LogP contribution in [0.25, 0.3) is 0 Å². The topological polar surface area (TPSA) is 24.4 Å². The van der Waals surface area contributed by atoms with Gasteiger partial charge in [-0.3, -0.25) is 4.99 Å². The van der Waals surface area contributed by atoms with Crippen LogP contribution in [-0.2, 0) is 6.18 Å². The van der Waals surface area contributed by atoms with Gasteiger partial charge in [0.15, 0.2) is 0 Å². The second kappa shape index (κ2) is 4.35. The molecule has 0 fully saturated rings. The molecule has 0 saturated heterocycles. The molecular weight excluding hydrogens is 236 g/mol. The molecule has 1 aromatic carbocycles. The van der Waals surface area contributed by atoms with Gasteiger partial charge in [-0.05, 0) is 24.6 Å². The van der Waals surface area contributed by atoms with Gasteiger partial charge in [0.25, 0.3) is 0 Å². The van der Waals surface area contributed by atoms with Crippen LogP contribution >= 0.6 is 0 Å². The lowest BCUT2D eigenvalue weighted by Gasteiger charge is -2.11. The van der Waals surface area contributed by atoms with Crippen molar-refractivity contribution in [2.45, 2.75) is 19.0 Å². The second-order valence-corrected chi connectivity index (χ2v) is 3.75. The fraction of sp³-hybridized carbons (Fsp3) is 0.364. The minimum atomic E-state index is -4.47. The highest BCUT2D eigenvalue weighted by atomic mass is 19.4. The Balaban J connectivity index is 2.26. The van der Waals surface area contributed by atoms with E-state index >= 15 is 0 Å². The molecule has 2 nitrogen and oxygen atoms in total. The molecule has 6 heteroatoms. The largest absolute Gasteiger partial charge is 0.416 e. The molecule has 92 valence electrons. The molecule has 0 amide bonds. The first-order chi connectivity index (χ1) is 7.97. The normalized spacial score (nSPS) is 15.9. The van der Waals surface area contributed by atoms with E-state index in [1.165, 1.54) is 0 Å². The van der Waals surface area contributed by atoms with Crippen molar-refractivity contribution in [3.05, 3.63) is 29.6 Å². The van der Waals surface area contributed by atoms with Crippen molar-refractivity contribution in [2.24, 2.45) is 4.99 Å². The first-order valence-electron chi connectivity index (χ1n) is 5.14. The predicted molar refractivity (Wildman–Crippen MR) is 56.6 cm³/mol. The van der Waals surface area contributed by atoms with Crippen LogP contribution in [0.1, 0.15) is 18.4 Å². The van der Waals surface area contributed by atoms with Gasteiger partial charge in [0, 0.05) is 13.0 Å². The van der Waals surface area contributed by atoms with Crippen molar-refractivity contribution < 1.29 is 17.6 Å². The van der Waals surface area contributed by atoms with Crippen LogP contribution in [0.15, 0.2) is 23.2 Å². The summed E-state index contributed by atoms with van der Waals surface area (Å²) in [6.45, 7) is 0.628. The lowest BCUT2D eigenvalue weighted by atomic mass is 10.2. The number of hydrogen-bond donors (Lipinski definition) is 1. The van der Waals surface area contributed by atoms with E-state index in [-0.39, 0.29) is 5.69 Å². The Bertz CT molecular complexity index is 451. The lowest BCUT2D eigenvalue weighted by Crippen LogP contribution is -2.12. The molecule has 1 N–H and O–H groups in total. The molecular formula is C11H10F4N2. The SMILES string of the molecule is Fc1ccc(C(F)(F)F)cc1NC1=NCCC1. The predicted octanol–water partition coefficient (Wildman–Crippen LogP) is 3.45. The van der Waals surface area contributed by atoms with Crippen molar-refractivity contribution in [1.29, 1.82) is 0 Å². The maximum absolute atomic E-state index is 13.3. The van der Waals surface area contributed by atoms with E-state index in [1.54, 1.807) is 0 Å². The third-order valence-electron chi connectivity index (χ3n) is 2.45. The van der Waals surface area contributed by atoms with Crippen molar-refractivity contribution in [3.8, 4) is 0 Å². The summed E-state index contributed by atoms with van der Waals surface area (Å²) in [4.78, 5) is 4.02. The molecule has 17 heavy (non-hydrogen) atoms. The van der Waals surface area contributed by atoms with E-state index in [4.69, 9.17) is 0 Å². The lowest BCUT2D eigenvalue weighted by molar-refractivity contribution is -0.137. The van der Waals surface area contributed by atoms with Crippen molar-refractivity contribution in [1.82, 2.24) is 0 Å². The molecule has 1 aliphatic heterocycles. The number of anilines is 1. The van der Waals surface area contributed by atoms with Gasteiger partial charge in [0.2, 0.25) is 0 Å². The molecule has 0 spiro atoms. The number of halogens is 4. The third kappa shape index (κ3) is 2.75. The van der Waals surface area contributed by atoms with Gasteiger partial charge in [0.1, 0.15) is 11.7 Å². The number of nitrogens with one attached hydrogen (secondary N) is 1. The van der Waals surface area contributed by atoms with Crippen LogP contribution in [0.5, 0.6) is 0 Å². The Morgan fingerprint density at radius 3 is 2.59 bits per heavy atom. The number of aliphatic imine (C=N–C) groups is 1. The molecule has 2 rings (SSSR count). The van der Waals surface area contributed by atoms with Crippen LogP contribution in [0.4, 0.5) is 23.2 Å². The van der Waals surface area contributed by atoms with Crippen LogP contribution in [-0.4, -0.2) is 12.4 Å². The van der Waals surface area contributed by atoms with Gasteiger partial charge < -0.3 is 5.32 Å². The first-order valence-corrected chi connectivity index (χ1v) is 5.14. The third-order valence-corrected chi connectivity index (χ3v) is 2.45. The number of nitrogens with zero attached hydrogens (tertiary/aromatic N) is 1. The molecule has 1 aliphatic rings. The molecule has 0 unspecified atom stereocenters. The maximum Gasteiger partial charge on any atom is 0.416 e. The average molecular weight is 246 g/mol. The summed E-state index contributed by atoms with van der Waals surface area (Å²) in [7, 11) is 0. The van der Waals surface area contributed by atoms with Crippen LogP contribution in [0.2, 0.25) is 0 Å². The number of benzene rings is 1. The summed E-state index contributed by atoms with van der Waals surface area (Å²) in [5.41, 5.74) is -1.06. The minimum Gasteiger partial charge on any atom is -0.342 e. The highest BCUT2D eigenvalue weighted by Crippen LogP contribution is 2.32. The molecule has 0 saturated carbocycles. The number of rotatable bonds is 1. The van der Waals surface area contributed by atoms with Crippen LogP contribution in [0, 0.1) is 5.82 Å². The smallest absolute Gasteiger partial charge is 0.342 e. The zero-order valence-corrected chi connectivity index (χ0v) is 8.81. The number of hydrogen-bond acceptors (Lipinski definition) is 2. The van der Waals surface area contributed by atoms with Gasteiger partial charge in [-0.2, -0.15) is 13.2 Å². The Morgan fingerprint density at radius 2 is 2.00 bits per heavy atom. The van der Waals surface area contributed by atoms with Crippen LogP contribution in [0.3, 0.4) is 0 Å². The first kappa shape index (κ1) is 11.9.